The van der Waals surface area contributed by atoms with Crippen LogP contribution in [0.4, 0.5) is 0 Å². The lowest BCUT2D eigenvalue weighted by atomic mass is 9.81. The van der Waals surface area contributed by atoms with Crippen molar-refractivity contribution < 1.29 is 0 Å². The molecule has 5 aromatic carbocycles. The lowest BCUT2D eigenvalue weighted by Crippen LogP contribution is -2.15. The molecule has 0 N–H and O–H groups in total. The fourth-order valence-corrected chi connectivity index (χ4v) is 8.01. The molecule has 0 radical (unpaired) electrons. The van der Waals surface area contributed by atoms with E-state index in [0.29, 0.717) is 0 Å². The third-order valence-electron chi connectivity index (χ3n) is 9.72. The summed E-state index contributed by atoms with van der Waals surface area (Å²) in [6.45, 7) is 9.57. The molecule has 2 aliphatic carbocycles. The van der Waals surface area contributed by atoms with E-state index in [1.807, 2.05) is 0 Å². The number of hydrogen-bond donors (Lipinski definition) is 0. The largest absolute Gasteiger partial charge is 0.308 e. The van der Waals surface area contributed by atoms with Crippen molar-refractivity contribution in [1.29, 1.82) is 0 Å². The van der Waals surface area contributed by atoms with Gasteiger partial charge < -0.3 is 4.40 Å². The summed E-state index contributed by atoms with van der Waals surface area (Å²) < 4.78 is 2.55. The second-order valence-electron chi connectivity index (χ2n) is 12.1. The maximum atomic E-state index is 2.55. The SMILES string of the molecule is CC1(C)c2ccccc2-c2c1ccc1c2c2cc3c(c4c5ccccc5n1c24)-c1ccccc1C3(C)C. The molecule has 176 valence electrons. The van der Waals surface area contributed by atoms with Gasteiger partial charge in [-0.1, -0.05) is 100 Å². The summed E-state index contributed by atoms with van der Waals surface area (Å²) in [6, 6.07) is 34.4. The van der Waals surface area contributed by atoms with E-state index >= 15 is 0 Å². The van der Waals surface area contributed by atoms with E-state index in [2.05, 4.69) is 123 Å². The van der Waals surface area contributed by atoms with Crippen LogP contribution in [0.25, 0.3) is 60.3 Å². The summed E-state index contributed by atoms with van der Waals surface area (Å²) in [5, 5.41) is 5.58. The molecular weight excluding hydrogens is 446 g/mol. The van der Waals surface area contributed by atoms with Crippen LogP contribution >= 0.6 is 0 Å². The molecule has 7 aromatic rings. The number of hydrogen-bond acceptors (Lipinski definition) is 0. The minimum absolute atomic E-state index is 0.00830. The van der Waals surface area contributed by atoms with Crippen molar-refractivity contribution in [3.8, 4) is 22.3 Å². The zero-order valence-electron chi connectivity index (χ0n) is 21.6. The Morgan fingerprint density at radius 3 is 1.81 bits per heavy atom. The first-order valence-electron chi connectivity index (χ1n) is 13.4. The van der Waals surface area contributed by atoms with Crippen LogP contribution in [0.15, 0.2) is 91.0 Å². The van der Waals surface area contributed by atoms with Crippen molar-refractivity contribution in [2.45, 2.75) is 38.5 Å². The van der Waals surface area contributed by atoms with Gasteiger partial charge in [-0.25, -0.2) is 0 Å². The van der Waals surface area contributed by atoms with E-state index in [9.17, 15) is 0 Å². The minimum atomic E-state index is -0.0439. The molecule has 0 bridgehead atoms. The topological polar surface area (TPSA) is 4.41 Å². The van der Waals surface area contributed by atoms with Crippen molar-refractivity contribution in [3.63, 3.8) is 0 Å². The van der Waals surface area contributed by atoms with Crippen LogP contribution < -0.4 is 0 Å². The van der Waals surface area contributed by atoms with Crippen LogP contribution in [0.5, 0.6) is 0 Å². The summed E-state index contributed by atoms with van der Waals surface area (Å²) >= 11 is 0. The van der Waals surface area contributed by atoms with Crippen molar-refractivity contribution in [3.05, 3.63) is 113 Å². The monoisotopic (exact) mass is 473 g/mol. The van der Waals surface area contributed by atoms with Gasteiger partial charge in [0, 0.05) is 32.4 Å². The number of fused-ring (bicyclic) bond motifs is 14. The molecule has 2 aromatic heterocycles. The normalized spacial score (nSPS) is 16.5. The predicted octanol–water partition coefficient (Wildman–Crippen LogP) is 9.45. The van der Waals surface area contributed by atoms with Crippen LogP contribution in [0.2, 0.25) is 0 Å². The fraction of sp³-hybridized carbons (Fsp3) is 0.167. The van der Waals surface area contributed by atoms with Crippen LogP contribution in [-0.4, -0.2) is 4.40 Å². The average Bonchev–Trinajstić information content (AvgIpc) is 3.57. The molecular formula is C36H27N. The van der Waals surface area contributed by atoms with Crippen LogP contribution in [-0.2, 0) is 10.8 Å². The number of rotatable bonds is 0. The van der Waals surface area contributed by atoms with Crippen LogP contribution in [0.3, 0.4) is 0 Å². The van der Waals surface area contributed by atoms with Gasteiger partial charge in [0.25, 0.3) is 0 Å². The first kappa shape index (κ1) is 20.0. The van der Waals surface area contributed by atoms with E-state index in [1.54, 1.807) is 0 Å². The number of benzene rings is 5. The second kappa shape index (κ2) is 6.06. The molecule has 1 heteroatoms. The smallest absolute Gasteiger partial charge is 0.0627 e. The standard InChI is InChI=1S/C36H27N/c1-35(2)24-14-8-5-11-20(24)30-26(35)17-18-29-32(30)23-19-27-31(21-12-6-9-15-25(21)36(27,3)4)33-22-13-7-10-16-28(22)37(29)34(23)33/h5-19H,1-4H3. The predicted molar refractivity (Wildman–Crippen MR) is 156 cm³/mol. The van der Waals surface area contributed by atoms with Crippen molar-refractivity contribution in [2.24, 2.45) is 0 Å². The molecule has 1 nitrogen and oxygen atoms in total. The Labute approximate surface area is 216 Å². The van der Waals surface area contributed by atoms with Gasteiger partial charge in [-0.3, -0.25) is 0 Å². The van der Waals surface area contributed by atoms with Crippen LogP contribution in [0.1, 0.15) is 49.9 Å². The molecule has 0 saturated carbocycles. The molecule has 37 heavy (non-hydrogen) atoms. The summed E-state index contributed by atoms with van der Waals surface area (Å²) in [7, 11) is 0. The van der Waals surface area contributed by atoms with E-state index in [0.717, 1.165) is 0 Å². The van der Waals surface area contributed by atoms with Crippen molar-refractivity contribution in [2.75, 3.05) is 0 Å². The highest BCUT2D eigenvalue weighted by atomic mass is 14.9. The highest BCUT2D eigenvalue weighted by molar-refractivity contribution is 6.30. The van der Waals surface area contributed by atoms with Crippen molar-refractivity contribution >= 4 is 38.1 Å². The Kier molecular flexibility index (Phi) is 3.28. The molecule has 0 spiro atoms. The molecule has 0 saturated heterocycles. The van der Waals surface area contributed by atoms with Gasteiger partial charge in [0.1, 0.15) is 0 Å². The maximum Gasteiger partial charge on any atom is 0.0627 e. The number of para-hydroxylation sites is 1. The third-order valence-corrected chi connectivity index (χ3v) is 9.72. The summed E-state index contributed by atoms with van der Waals surface area (Å²) in [5.74, 6) is 0. The minimum Gasteiger partial charge on any atom is -0.308 e. The van der Waals surface area contributed by atoms with Crippen LogP contribution in [0, 0.1) is 0 Å². The molecule has 0 aliphatic heterocycles. The van der Waals surface area contributed by atoms with Gasteiger partial charge >= 0.3 is 0 Å². The van der Waals surface area contributed by atoms with Gasteiger partial charge in [-0.15, -0.1) is 0 Å². The Hall–Kier alpha value is -4.10. The maximum absolute atomic E-state index is 2.55. The Morgan fingerprint density at radius 1 is 0.486 bits per heavy atom. The van der Waals surface area contributed by atoms with Gasteiger partial charge in [-0.2, -0.15) is 0 Å². The van der Waals surface area contributed by atoms with E-state index < -0.39 is 0 Å². The van der Waals surface area contributed by atoms with E-state index in [-0.39, 0.29) is 10.8 Å². The Morgan fingerprint density at radius 2 is 1.08 bits per heavy atom. The lowest BCUT2D eigenvalue weighted by molar-refractivity contribution is 0.660. The Balaban J connectivity index is 1.60. The third kappa shape index (κ3) is 2.05. The number of nitrogens with zero attached hydrogens (tertiary/aromatic N) is 1. The van der Waals surface area contributed by atoms with E-state index in [1.165, 1.54) is 82.6 Å². The number of aromatic nitrogens is 1. The molecule has 0 unspecified atom stereocenters. The molecule has 0 fully saturated rings. The lowest BCUT2D eigenvalue weighted by Gasteiger charge is -2.22. The second-order valence-corrected chi connectivity index (χ2v) is 12.1. The summed E-state index contributed by atoms with van der Waals surface area (Å²) in [6.07, 6.45) is 0. The molecule has 0 atom stereocenters. The molecule has 2 heterocycles. The van der Waals surface area contributed by atoms with Gasteiger partial charge in [0.2, 0.25) is 0 Å². The fourth-order valence-electron chi connectivity index (χ4n) is 8.01. The molecule has 2 aliphatic rings. The first-order valence-corrected chi connectivity index (χ1v) is 13.4. The highest BCUT2D eigenvalue weighted by Gasteiger charge is 2.41. The van der Waals surface area contributed by atoms with Gasteiger partial charge in [0.15, 0.2) is 0 Å². The molecule has 9 rings (SSSR count). The first-order chi connectivity index (χ1) is 17.9. The van der Waals surface area contributed by atoms with Crippen molar-refractivity contribution in [1.82, 2.24) is 4.40 Å². The van der Waals surface area contributed by atoms with Gasteiger partial charge in [-0.05, 0) is 62.7 Å². The molecule has 0 amide bonds. The zero-order valence-corrected chi connectivity index (χ0v) is 21.6. The summed E-state index contributed by atoms with van der Waals surface area (Å²) in [4.78, 5) is 0. The zero-order chi connectivity index (χ0) is 24.8. The van der Waals surface area contributed by atoms with Gasteiger partial charge in [0.05, 0.1) is 16.6 Å². The average molecular weight is 474 g/mol. The highest BCUT2D eigenvalue weighted by Crippen LogP contribution is 2.58. The summed E-state index contributed by atoms with van der Waals surface area (Å²) in [5.41, 5.74) is 15.4. The Bertz CT molecular complexity index is 2130. The van der Waals surface area contributed by atoms with E-state index in [4.69, 9.17) is 0 Å². The quantitative estimate of drug-likeness (QED) is 0.207.